The van der Waals surface area contributed by atoms with Crippen molar-refractivity contribution in [3.63, 3.8) is 0 Å². The van der Waals surface area contributed by atoms with Gasteiger partial charge >= 0.3 is 0 Å². The van der Waals surface area contributed by atoms with E-state index in [2.05, 4.69) is 14.9 Å². The molecule has 0 unspecified atom stereocenters. The Morgan fingerprint density at radius 3 is 2.46 bits per heavy atom. The van der Waals surface area contributed by atoms with Gasteiger partial charge in [-0.05, 0) is 49.7 Å². The maximum Gasteiger partial charge on any atom is 0.240 e. The summed E-state index contributed by atoms with van der Waals surface area (Å²) < 4.78 is 27.2. The van der Waals surface area contributed by atoms with Crippen molar-refractivity contribution < 1.29 is 13.2 Å². The number of amides is 1. The molecule has 0 saturated carbocycles. The number of aromatic nitrogens is 2. The molecule has 0 bridgehead atoms. The largest absolute Gasteiger partial charge is 0.312 e. The van der Waals surface area contributed by atoms with Crippen LogP contribution in [0.5, 0.6) is 0 Å². The topological polar surface area (TPSA) is 92.3 Å². The second kappa shape index (κ2) is 6.66. The third-order valence-corrected chi connectivity index (χ3v) is 5.25. The molecule has 24 heavy (non-hydrogen) atoms. The minimum absolute atomic E-state index is 0.0710. The molecule has 2 heterocycles. The van der Waals surface area contributed by atoms with Crippen LogP contribution < -0.4 is 9.62 Å². The normalized spacial score (nSPS) is 15.0. The van der Waals surface area contributed by atoms with E-state index >= 15 is 0 Å². The molecule has 126 valence electrons. The van der Waals surface area contributed by atoms with Crippen LogP contribution in [0.3, 0.4) is 0 Å². The number of rotatable bonds is 5. The molecule has 1 N–H and O–H groups in total. The summed E-state index contributed by atoms with van der Waals surface area (Å²) in [6, 6.07) is 9.83. The van der Waals surface area contributed by atoms with Crippen LogP contribution in [0.2, 0.25) is 0 Å². The van der Waals surface area contributed by atoms with Gasteiger partial charge in [0.25, 0.3) is 0 Å². The van der Waals surface area contributed by atoms with Crippen LogP contribution in [0.1, 0.15) is 24.2 Å². The summed E-state index contributed by atoms with van der Waals surface area (Å²) in [7, 11) is -3.64. The van der Waals surface area contributed by atoms with E-state index in [0.29, 0.717) is 18.7 Å². The Labute approximate surface area is 140 Å². The Kier molecular flexibility index (Phi) is 4.59. The first-order chi connectivity index (χ1) is 11.5. The molecule has 1 aromatic carbocycles. The molecule has 3 rings (SSSR count). The smallest absolute Gasteiger partial charge is 0.240 e. The SMILES string of the molecule is Cc1ccc(CNS(=O)(=O)c2ccc(N3CCCC3=O)cc2)nn1. The molecule has 0 radical (unpaired) electrons. The van der Waals surface area contributed by atoms with E-state index in [4.69, 9.17) is 0 Å². The lowest BCUT2D eigenvalue weighted by atomic mass is 10.3. The minimum atomic E-state index is -3.64. The number of nitrogens with one attached hydrogen (secondary N) is 1. The Bertz CT molecular complexity index is 833. The molecule has 8 heteroatoms. The lowest BCUT2D eigenvalue weighted by Crippen LogP contribution is -2.25. The molecule has 0 aliphatic carbocycles. The number of nitrogens with zero attached hydrogens (tertiary/aromatic N) is 3. The average molecular weight is 346 g/mol. The van der Waals surface area contributed by atoms with Crippen LogP contribution in [0, 0.1) is 6.92 Å². The summed E-state index contributed by atoms with van der Waals surface area (Å²) in [5.41, 5.74) is 2.04. The van der Waals surface area contributed by atoms with E-state index < -0.39 is 10.0 Å². The Morgan fingerprint density at radius 1 is 1.12 bits per heavy atom. The van der Waals surface area contributed by atoms with Crippen molar-refractivity contribution in [1.82, 2.24) is 14.9 Å². The van der Waals surface area contributed by atoms with Crippen LogP contribution in [-0.4, -0.2) is 31.1 Å². The molecule has 7 nitrogen and oxygen atoms in total. The van der Waals surface area contributed by atoms with Crippen molar-refractivity contribution in [3.8, 4) is 0 Å². The van der Waals surface area contributed by atoms with Crippen molar-refractivity contribution in [3.05, 3.63) is 47.8 Å². The highest BCUT2D eigenvalue weighted by Crippen LogP contribution is 2.22. The summed E-state index contributed by atoms with van der Waals surface area (Å²) in [5, 5.41) is 7.82. The van der Waals surface area contributed by atoms with Crippen LogP contribution >= 0.6 is 0 Å². The maximum absolute atomic E-state index is 12.3. The quantitative estimate of drug-likeness (QED) is 0.883. The van der Waals surface area contributed by atoms with E-state index in [0.717, 1.165) is 17.8 Å². The number of benzene rings is 1. The molecule has 1 aromatic heterocycles. The van der Waals surface area contributed by atoms with Gasteiger partial charge in [0.1, 0.15) is 0 Å². The molecule has 1 aliphatic rings. The third kappa shape index (κ3) is 3.60. The first-order valence-corrected chi connectivity index (χ1v) is 9.13. The van der Waals surface area contributed by atoms with Crippen molar-refractivity contribution >= 4 is 21.6 Å². The fourth-order valence-corrected chi connectivity index (χ4v) is 3.50. The molecule has 1 aliphatic heterocycles. The number of sulfonamides is 1. The van der Waals surface area contributed by atoms with Crippen molar-refractivity contribution in [2.24, 2.45) is 0 Å². The van der Waals surface area contributed by atoms with Crippen LogP contribution in [0.4, 0.5) is 5.69 Å². The summed E-state index contributed by atoms with van der Waals surface area (Å²) in [4.78, 5) is 13.5. The fraction of sp³-hybridized carbons (Fsp3) is 0.312. The lowest BCUT2D eigenvalue weighted by Gasteiger charge is -2.16. The molecule has 1 fully saturated rings. The van der Waals surface area contributed by atoms with E-state index in [-0.39, 0.29) is 17.3 Å². The van der Waals surface area contributed by atoms with E-state index in [1.165, 1.54) is 12.1 Å². The monoisotopic (exact) mass is 346 g/mol. The highest BCUT2D eigenvalue weighted by molar-refractivity contribution is 7.89. The van der Waals surface area contributed by atoms with Gasteiger partial charge in [-0.1, -0.05) is 0 Å². The van der Waals surface area contributed by atoms with Crippen LogP contribution in [-0.2, 0) is 21.4 Å². The van der Waals surface area contributed by atoms with Crippen molar-refractivity contribution in [2.75, 3.05) is 11.4 Å². The third-order valence-electron chi connectivity index (χ3n) is 3.83. The number of anilines is 1. The van der Waals surface area contributed by atoms with E-state index in [9.17, 15) is 13.2 Å². The average Bonchev–Trinajstić information content (AvgIpc) is 3.01. The molecular formula is C16H18N4O3S. The summed E-state index contributed by atoms with van der Waals surface area (Å²) in [5.74, 6) is 0.0710. The first-order valence-electron chi connectivity index (χ1n) is 7.65. The van der Waals surface area contributed by atoms with Crippen molar-refractivity contribution in [2.45, 2.75) is 31.2 Å². The standard InChI is InChI=1S/C16H18N4O3S/c1-12-4-5-13(19-18-12)11-17-24(22,23)15-8-6-14(7-9-15)20-10-2-3-16(20)21/h4-9,17H,2-3,10-11H2,1H3. The summed E-state index contributed by atoms with van der Waals surface area (Å²) >= 11 is 0. The van der Waals surface area contributed by atoms with Gasteiger partial charge in [-0.2, -0.15) is 10.2 Å². The summed E-state index contributed by atoms with van der Waals surface area (Å²) in [6.45, 7) is 2.56. The number of hydrogen-bond donors (Lipinski definition) is 1. The van der Waals surface area contributed by atoms with Crippen molar-refractivity contribution in [1.29, 1.82) is 0 Å². The van der Waals surface area contributed by atoms with Gasteiger partial charge in [0.2, 0.25) is 15.9 Å². The van der Waals surface area contributed by atoms with Gasteiger partial charge < -0.3 is 4.90 Å². The zero-order valence-corrected chi connectivity index (χ0v) is 14.1. The van der Waals surface area contributed by atoms with Gasteiger partial charge in [0.15, 0.2) is 0 Å². The molecular weight excluding hydrogens is 328 g/mol. The fourth-order valence-electron chi connectivity index (χ4n) is 2.50. The molecule has 1 amide bonds. The van der Waals surface area contributed by atoms with E-state index in [1.807, 2.05) is 6.92 Å². The molecule has 1 saturated heterocycles. The summed E-state index contributed by atoms with van der Waals surface area (Å²) in [6.07, 6.45) is 1.37. The zero-order chi connectivity index (χ0) is 17.2. The van der Waals surface area contributed by atoms with Gasteiger partial charge in [0.05, 0.1) is 22.8 Å². The van der Waals surface area contributed by atoms with Gasteiger partial charge in [-0.15, -0.1) is 0 Å². The minimum Gasteiger partial charge on any atom is -0.312 e. The number of hydrogen-bond acceptors (Lipinski definition) is 5. The highest BCUT2D eigenvalue weighted by Gasteiger charge is 2.22. The number of aryl methyl sites for hydroxylation is 1. The molecule has 0 spiro atoms. The second-order valence-corrected chi connectivity index (χ2v) is 7.40. The second-order valence-electron chi connectivity index (χ2n) is 5.63. The Balaban J connectivity index is 1.70. The zero-order valence-electron chi connectivity index (χ0n) is 13.3. The van der Waals surface area contributed by atoms with Gasteiger partial charge in [-0.3, -0.25) is 4.79 Å². The number of carbonyl (C=O) groups is 1. The Hall–Kier alpha value is -2.32. The van der Waals surface area contributed by atoms with Gasteiger partial charge in [-0.25, -0.2) is 13.1 Å². The number of carbonyl (C=O) groups excluding carboxylic acids is 1. The predicted octanol–water partition coefficient (Wildman–Crippen LogP) is 1.39. The molecule has 0 atom stereocenters. The molecule has 2 aromatic rings. The van der Waals surface area contributed by atoms with Gasteiger partial charge in [0, 0.05) is 18.7 Å². The van der Waals surface area contributed by atoms with Crippen LogP contribution in [0.15, 0.2) is 41.3 Å². The predicted molar refractivity (Wildman–Crippen MR) is 88.8 cm³/mol. The first kappa shape index (κ1) is 16.5. The Morgan fingerprint density at radius 2 is 1.88 bits per heavy atom. The highest BCUT2D eigenvalue weighted by atomic mass is 32.2. The van der Waals surface area contributed by atoms with Crippen LogP contribution in [0.25, 0.3) is 0 Å². The maximum atomic E-state index is 12.3. The lowest BCUT2D eigenvalue weighted by molar-refractivity contribution is -0.117. The van der Waals surface area contributed by atoms with E-state index in [1.54, 1.807) is 29.2 Å².